The first-order valence-corrected chi connectivity index (χ1v) is 17.4. The summed E-state index contributed by atoms with van der Waals surface area (Å²) >= 11 is 0. The maximum absolute atomic E-state index is 14.4. The quantitative estimate of drug-likeness (QED) is 0.308. The molecule has 1 saturated heterocycles. The number of rotatable bonds is 5. The number of pyridine rings is 1. The lowest BCUT2D eigenvalue weighted by atomic mass is 10.0. The molecule has 268 valence electrons. The van der Waals surface area contributed by atoms with Crippen molar-refractivity contribution in [3.05, 3.63) is 72.3 Å². The van der Waals surface area contributed by atoms with Gasteiger partial charge < -0.3 is 30.1 Å². The van der Waals surface area contributed by atoms with Crippen LogP contribution in [0, 0.1) is 12.8 Å². The molecule has 12 nitrogen and oxygen atoms in total. The van der Waals surface area contributed by atoms with Crippen LogP contribution in [0.15, 0.2) is 66.7 Å². The zero-order chi connectivity index (χ0) is 36.5. The zero-order valence-electron chi connectivity index (χ0n) is 29.3. The van der Waals surface area contributed by atoms with E-state index in [-0.39, 0.29) is 44.4 Å². The highest BCUT2D eigenvalue weighted by molar-refractivity contribution is 5.96. The predicted octanol–water partition coefficient (Wildman–Crippen LogP) is 5.11. The maximum Gasteiger partial charge on any atom is 0.408 e. The SMILES string of the molecule is Cc1ccc2c(OC3C[C@H]4C(=O)N[C@]5(C(=O)O)C[C@H]5/C=C\CCC(=O)CC[C@H](NC(=O)OC(C)(C)C)C(=O)N4C3)cc(-c3ccccc3)nc2c1. The van der Waals surface area contributed by atoms with Gasteiger partial charge >= 0.3 is 12.1 Å². The Kier molecular flexibility index (Phi) is 9.88. The molecule has 6 rings (SSSR count). The number of nitrogens with one attached hydrogen (secondary N) is 2. The number of benzene rings is 2. The highest BCUT2D eigenvalue weighted by Gasteiger charge is 2.61. The molecule has 1 saturated carbocycles. The number of carboxylic acids is 1. The molecule has 3 amide bonds. The zero-order valence-corrected chi connectivity index (χ0v) is 29.3. The number of alkyl carbamates (subject to hydrolysis) is 1. The maximum atomic E-state index is 14.4. The summed E-state index contributed by atoms with van der Waals surface area (Å²) < 4.78 is 12.1. The summed E-state index contributed by atoms with van der Waals surface area (Å²) in [7, 11) is 0. The monoisotopic (exact) mass is 696 g/mol. The minimum absolute atomic E-state index is 0.00649. The number of nitrogens with zero attached hydrogens (tertiary/aromatic N) is 2. The molecule has 1 aliphatic carbocycles. The molecule has 0 radical (unpaired) electrons. The molecule has 12 heteroatoms. The number of amides is 3. The van der Waals surface area contributed by atoms with Gasteiger partial charge in [-0.05, 0) is 64.7 Å². The number of allylic oxidation sites excluding steroid dienone is 1. The summed E-state index contributed by atoms with van der Waals surface area (Å²) in [4.78, 5) is 72.9. The van der Waals surface area contributed by atoms with Crippen LogP contribution < -0.4 is 15.4 Å². The fraction of sp³-hybridized carbons (Fsp3) is 0.436. The molecule has 0 spiro atoms. The van der Waals surface area contributed by atoms with E-state index in [1.807, 2.05) is 61.5 Å². The summed E-state index contributed by atoms with van der Waals surface area (Å²) in [5.74, 6) is -2.45. The molecule has 2 aliphatic heterocycles. The van der Waals surface area contributed by atoms with E-state index in [2.05, 4.69) is 10.6 Å². The van der Waals surface area contributed by atoms with Crippen molar-refractivity contribution in [3.8, 4) is 17.0 Å². The van der Waals surface area contributed by atoms with Gasteiger partial charge in [0.1, 0.15) is 40.9 Å². The first-order valence-electron chi connectivity index (χ1n) is 17.4. The fourth-order valence-corrected chi connectivity index (χ4v) is 6.82. The van der Waals surface area contributed by atoms with Gasteiger partial charge in [-0.3, -0.25) is 14.4 Å². The lowest BCUT2D eigenvalue weighted by molar-refractivity contribution is -0.145. The Morgan fingerprint density at radius 1 is 1.06 bits per heavy atom. The minimum atomic E-state index is -1.52. The number of hydrogen-bond acceptors (Lipinski definition) is 8. The van der Waals surface area contributed by atoms with Gasteiger partial charge in [-0.15, -0.1) is 0 Å². The van der Waals surface area contributed by atoms with Crippen LogP contribution in [-0.4, -0.2) is 80.5 Å². The van der Waals surface area contributed by atoms with E-state index in [0.717, 1.165) is 22.0 Å². The van der Waals surface area contributed by atoms with Crippen molar-refractivity contribution in [1.82, 2.24) is 20.5 Å². The molecule has 51 heavy (non-hydrogen) atoms. The lowest BCUT2D eigenvalue weighted by Crippen LogP contribution is -2.56. The summed E-state index contributed by atoms with van der Waals surface area (Å²) in [6.45, 7) is 7.03. The predicted molar refractivity (Wildman–Crippen MR) is 189 cm³/mol. The van der Waals surface area contributed by atoms with Crippen LogP contribution in [0.3, 0.4) is 0 Å². The second-order valence-corrected chi connectivity index (χ2v) is 14.7. The normalized spacial score (nSPS) is 26.2. The van der Waals surface area contributed by atoms with E-state index in [4.69, 9.17) is 14.5 Å². The van der Waals surface area contributed by atoms with E-state index >= 15 is 0 Å². The topological polar surface area (TPSA) is 164 Å². The van der Waals surface area contributed by atoms with Crippen LogP contribution >= 0.6 is 0 Å². The molecule has 3 heterocycles. The van der Waals surface area contributed by atoms with E-state index in [1.165, 1.54) is 4.90 Å². The first-order chi connectivity index (χ1) is 24.2. The molecule has 3 aliphatic rings. The summed E-state index contributed by atoms with van der Waals surface area (Å²) in [5.41, 5.74) is 0.937. The van der Waals surface area contributed by atoms with E-state index in [1.54, 1.807) is 32.9 Å². The van der Waals surface area contributed by atoms with Crippen molar-refractivity contribution in [2.75, 3.05) is 6.54 Å². The van der Waals surface area contributed by atoms with Crippen molar-refractivity contribution in [1.29, 1.82) is 0 Å². The number of aryl methyl sites for hydroxylation is 1. The Labute approximate surface area is 296 Å². The number of fused-ring (bicyclic) bond motifs is 3. The highest BCUT2D eigenvalue weighted by Crippen LogP contribution is 2.45. The lowest BCUT2D eigenvalue weighted by Gasteiger charge is -2.30. The van der Waals surface area contributed by atoms with Crippen molar-refractivity contribution in [2.45, 2.75) is 95.5 Å². The van der Waals surface area contributed by atoms with Crippen molar-refractivity contribution >= 4 is 40.6 Å². The number of ether oxygens (including phenoxy) is 2. The van der Waals surface area contributed by atoms with Crippen molar-refractivity contribution < 1.29 is 38.6 Å². The number of aromatic nitrogens is 1. The number of hydrogen-bond donors (Lipinski definition) is 3. The highest BCUT2D eigenvalue weighted by atomic mass is 16.6. The number of carboxylic acid groups (broad SMARTS) is 1. The number of carbonyl (C=O) groups excluding carboxylic acids is 4. The molecular weight excluding hydrogens is 652 g/mol. The molecule has 2 aromatic carbocycles. The van der Waals surface area contributed by atoms with Crippen LogP contribution in [0.2, 0.25) is 0 Å². The molecule has 5 atom stereocenters. The summed E-state index contributed by atoms with van der Waals surface area (Å²) in [5, 5.41) is 16.3. The molecule has 0 bridgehead atoms. The van der Waals surface area contributed by atoms with E-state index < -0.39 is 59.1 Å². The van der Waals surface area contributed by atoms with Gasteiger partial charge in [0.25, 0.3) is 0 Å². The first kappa shape index (κ1) is 35.6. The fourth-order valence-electron chi connectivity index (χ4n) is 6.82. The Hall–Kier alpha value is -5.26. The number of ketones is 1. The Bertz CT molecular complexity index is 1890. The standard InChI is InChI=1S/C39H44N4O8/c1-23-14-16-28-31(18-23)40-30(24-10-6-5-7-11-24)20-33(28)50-27-19-32-34(45)42-39(36(47)48)21-25(39)12-8-9-13-26(44)15-17-29(35(46)43(32)22-27)41-37(49)51-38(2,3)4/h5-8,10-12,14,16,18,20,25,27,29,32H,9,13,15,17,19,21-22H2,1-4H3,(H,41,49)(H,42,45)(H,47,48)/b12-8-/t25-,27?,29+,32+,39-/m1/s1. The van der Waals surface area contributed by atoms with Gasteiger partial charge in [-0.1, -0.05) is 48.6 Å². The number of Topliss-reactive ketones (excluding diaryl/α,β-unsaturated/α-hetero) is 1. The van der Waals surface area contributed by atoms with Crippen molar-refractivity contribution in [3.63, 3.8) is 0 Å². The van der Waals surface area contributed by atoms with Crippen LogP contribution in [-0.2, 0) is 23.9 Å². The second kappa shape index (κ2) is 14.2. The third-order valence-electron chi connectivity index (χ3n) is 9.54. The number of carbonyl (C=O) groups is 5. The van der Waals surface area contributed by atoms with Gasteiger partial charge in [0.2, 0.25) is 11.8 Å². The van der Waals surface area contributed by atoms with Crippen LogP contribution in [0.25, 0.3) is 22.2 Å². The molecule has 2 fully saturated rings. The minimum Gasteiger partial charge on any atom is -0.488 e. The van der Waals surface area contributed by atoms with Gasteiger partial charge in [0.05, 0.1) is 17.8 Å². The smallest absolute Gasteiger partial charge is 0.408 e. The van der Waals surface area contributed by atoms with Gasteiger partial charge in [-0.2, -0.15) is 0 Å². The molecule has 3 N–H and O–H groups in total. The van der Waals surface area contributed by atoms with Crippen molar-refractivity contribution in [2.24, 2.45) is 5.92 Å². The average molecular weight is 697 g/mol. The third kappa shape index (κ3) is 8.05. The second-order valence-electron chi connectivity index (χ2n) is 14.7. The third-order valence-corrected chi connectivity index (χ3v) is 9.54. The average Bonchev–Trinajstić information content (AvgIpc) is 3.61. The summed E-state index contributed by atoms with van der Waals surface area (Å²) in [6, 6.07) is 15.0. The van der Waals surface area contributed by atoms with E-state index in [9.17, 15) is 29.1 Å². The van der Waals surface area contributed by atoms with Gasteiger partial charge in [0.15, 0.2) is 0 Å². The Morgan fingerprint density at radius 2 is 1.82 bits per heavy atom. The van der Waals surface area contributed by atoms with Gasteiger partial charge in [-0.25, -0.2) is 14.6 Å². The number of aliphatic carboxylic acids is 1. The Morgan fingerprint density at radius 3 is 2.55 bits per heavy atom. The molecular formula is C39H44N4O8. The van der Waals surface area contributed by atoms with Crippen LogP contribution in [0.5, 0.6) is 5.75 Å². The van der Waals surface area contributed by atoms with E-state index in [0.29, 0.717) is 17.9 Å². The van der Waals surface area contributed by atoms with Gasteiger partial charge in [0, 0.05) is 42.2 Å². The summed E-state index contributed by atoms with van der Waals surface area (Å²) in [6.07, 6.45) is 2.81. The molecule has 3 aromatic rings. The van der Waals surface area contributed by atoms with Crippen LogP contribution in [0.1, 0.15) is 64.9 Å². The molecule has 1 aromatic heterocycles. The molecule has 1 unspecified atom stereocenters. The Balaban J connectivity index is 1.35. The largest absolute Gasteiger partial charge is 0.488 e. The van der Waals surface area contributed by atoms with Crippen LogP contribution in [0.4, 0.5) is 4.79 Å².